The van der Waals surface area contributed by atoms with Gasteiger partial charge in [0.05, 0.1) is 0 Å². The van der Waals surface area contributed by atoms with Crippen LogP contribution >= 0.6 is 11.8 Å². The van der Waals surface area contributed by atoms with E-state index < -0.39 is 0 Å². The molecule has 0 aromatic rings. The highest BCUT2D eigenvalue weighted by Gasteiger charge is 2.10. The molecule has 0 aliphatic carbocycles. The van der Waals surface area contributed by atoms with Crippen molar-refractivity contribution in [1.82, 2.24) is 5.32 Å². The molecule has 3 nitrogen and oxygen atoms in total. The summed E-state index contributed by atoms with van der Waals surface area (Å²) in [5.74, 6) is 1.46. The second-order valence-electron chi connectivity index (χ2n) is 3.82. The standard InChI is InChI=1S/C11H24N2OS/c1-10(6-5-7-12)11(14)13-8-3-4-9-15-2/h10H,3-9,12H2,1-2H3,(H,13,14). The summed E-state index contributed by atoms with van der Waals surface area (Å²) in [5.41, 5.74) is 5.40. The molecule has 0 aliphatic rings. The van der Waals surface area contributed by atoms with Gasteiger partial charge in [0.1, 0.15) is 0 Å². The van der Waals surface area contributed by atoms with E-state index in [4.69, 9.17) is 5.73 Å². The average molecular weight is 232 g/mol. The summed E-state index contributed by atoms with van der Waals surface area (Å²) in [5, 5.41) is 2.96. The number of unbranched alkanes of at least 4 members (excludes halogenated alkanes) is 1. The average Bonchev–Trinajstić information content (AvgIpc) is 2.25. The number of nitrogens with two attached hydrogens (primary N) is 1. The highest BCUT2D eigenvalue weighted by molar-refractivity contribution is 7.98. The van der Waals surface area contributed by atoms with E-state index in [2.05, 4.69) is 11.6 Å². The summed E-state index contributed by atoms with van der Waals surface area (Å²) in [6, 6.07) is 0. The molecule has 0 aliphatic heterocycles. The molecular weight excluding hydrogens is 208 g/mol. The number of thioether (sulfide) groups is 1. The highest BCUT2D eigenvalue weighted by Crippen LogP contribution is 2.04. The van der Waals surface area contributed by atoms with Crippen LogP contribution in [0, 0.1) is 5.92 Å². The zero-order chi connectivity index (χ0) is 11.5. The van der Waals surface area contributed by atoms with E-state index in [-0.39, 0.29) is 11.8 Å². The fourth-order valence-electron chi connectivity index (χ4n) is 1.31. The normalized spacial score (nSPS) is 12.5. The SMILES string of the molecule is CSCCCCNC(=O)C(C)CCCN. The van der Waals surface area contributed by atoms with E-state index in [1.165, 1.54) is 12.2 Å². The Kier molecular flexibility index (Phi) is 10.2. The molecule has 0 rings (SSSR count). The summed E-state index contributed by atoms with van der Waals surface area (Å²) in [6.07, 6.45) is 6.19. The maximum atomic E-state index is 11.5. The fraction of sp³-hybridized carbons (Fsp3) is 0.909. The Hall–Kier alpha value is -0.220. The van der Waals surface area contributed by atoms with Crippen LogP contribution in [0.15, 0.2) is 0 Å². The van der Waals surface area contributed by atoms with Crippen LogP contribution in [0.4, 0.5) is 0 Å². The maximum Gasteiger partial charge on any atom is 0.222 e. The summed E-state index contributed by atoms with van der Waals surface area (Å²) in [4.78, 5) is 11.5. The lowest BCUT2D eigenvalue weighted by Gasteiger charge is -2.11. The molecule has 0 bridgehead atoms. The van der Waals surface area contributed by atoms with Gasteiger partial charge in [0, 0.05) is 12.5 Å². The molecule has 1 unspecified atom stereocenters. The van der Waals surface area contributed by atoms with Crippen molar-refractivity contribution in [2.24, 2.45) is 11.7 Å². The van der Waals surface area contributed by atoms with Crippen molar-refractivity contribution in [1.29, 1.82) is 0 Å². The Labute approximate surface area is 97.6 Å². The van der Waals surface area contributed by atoms with Gasteiger partial charge < -0.3 is 11.1 Å². The van der Waals surface area contributed by atoms with Crippen LogP contribution in [0.3, 0.4) is 0 Å². The molecule has 0 saturated heterocycles. The van der Waals surface area contributed by atoms with Crippen LogP contribution in [-0.4, -0.2) is 31.0 Å². The van der Waals surface area contributed by atoms with E-state index in [0.29, 0.717) is 6.54 Å². The van der Waals surface area contributed by atoms with Crippen LogP contribution in [0.25, 0.3) is 0 Å². The number of hydrogen-bond acceptors (Lipinski definition) is 3. The lowest BCUT2D eigenvalue weighted by atomic mass is 10.1. The van der Waals surface area contributed by atoms with Crippen molar-refractivity contribution in [2.45, 2.75) is 32.6 Å². The molecule has 0 aromatic heterocycles. The van der Waals surface area contributed by atoms with Crippen molar-refractivity contribution >= 4 is 17.7 Å². The molecule has 0 fully saturated rings. The molecule has 0 heterocycles. The van der Waals surface area contributed by atoms with Crippen LogP contribution < -0.4 is 11.1 Å². The first-order valence-electron chi connectivity index (χ1n) is 5.69. The van der Waals surface area contributed by atoms with Crippen LogP contribution in [0.2, 0.25) is 0 Å². The smallest absolute Gasteiger partial charge is 0.222 e. The van der Waals surface area contributed by atoms with Gasteiger partial charge in [0.15, 0.2) is 0 Å². The Morgan fingerprint density at radius 2 is 2.13 bits per heavy atom. The highest BCUT2D eigenvalue weighted by atomic mass is 32.2. The minimum absolute atomic E-state index is 0.106. The molecule has 4 heteroatoms. The lowest BCUT2D eigenvalue weighted by Crippen LogP contribution is -2.30. The zero-order valence-electron chi connectivity index (χ0n) is 9.92. The van der Waals surface area contributed by atoms with Gasteiger partial charge in [-0.05, 0) is 44.2 Å². The molecule has 3 N–H and O–H groups in total. The third kappa shape index (κ3) is 8.75. The molecule has 0 saturated carbocycles. The monoisotopic (exact) mass is 232 g/mol. The van der Waals surface area contributed by atoms with E-state index in [0.717, 1.165) is 25.8 Å². The lowest BCUT2D eigenvalue weighted by molar-refractivity contribution is -0.124. The number of hydrogen-bond donors (Lipinski definition) is 2. The second kappa shape index (κ2) is 10.3. The Morgan fingerprint density at radius 3 is 2.73 bits per heavy atom. The largest absolute Gasteiger partial charge is 0.356 e. The molecular formula is C11H24N2OS. The van der Waals surface area contributed by atoms with Gasteiger partial charge in [-0.25, -0.2) is 0 Å². The van der Waals surface area contributed by atoms with Gasteiger partial charge in [0.25, 0.3) is 0 Å². The van der Waals surface area contributed by atoms with E-state index >= 15 is 0 Å². The molecule has 1 atom stereocenters. The Morgan fingerprint density at radius 1 is 1.40 bits per heavy atom. The molecule has 1 amide bonds. The van der Waals surface area contributed by atoms with Gasteiger partial charge in [0.2, 0.25) is 5.91 Å². The van der Waals surface area contributed by atoms with Gasteiger partial charge in [-0.3, -0.25) is 4.79 Å². The molecule has 0 radical (unpaired) electrons. The Balaban J connectivity index is 3.38. The minimum Gasteiger partial charge on any atom is -0.356 e. The fourth-order valence-corrected chi connectivity index (χ4v) is 1.81. The van der Waals surface area contributed by atoms with Crippen molar-refractivity contribution < 1.29 is 4.79 Å². The van der Waals surface area contributed by atoms with Crippen LogP contribution in [0.5, 0.6) is 0 Å². The van der Waals surface area contributed by atoms with E-state index in [1.807, 2.05) is 18.7 Å². The number of carbonyl (C=O) groups is 1. The molecule has 0 spiro atoms. The third-order valence-electron chi connectivity index (χ3n) is 2.36. The first kappa shape index (κ1) is 14.8. The summed E-state index contributed by atoms with van der Waals surface area (Å²) >= 11 is 1.85. The molecule has 0 aromatic carbocycles. The minimum atomic E-state index is 0.106. The topological polar surface area (TPSA) is 55.1 Å². The molecule has 90 valence electrons. The predicted octanol–water partition coefficient (Wildman–Crippen LogP) is 1.62. The van der Waals surface area contributed by atoms with Crippen molar-refractivity contribution in [3.63, 3.8) is 0 Å². The van der Waals surface area contributed by atoms with Crippen molar-refractivity contribution in [3.8, 4) is 0 Å². The maximum absolute atomic E-state index is 11.5. The van der Waals surface area contributed by atoms with E-state index in [9.17, 15) is 4.79 Å². The zero-order valence-corrected chi connectivity index (χ0v) is 10.7. The van der Waals surface area contributed by atoms with Crippen molar-refractivity contribution in [2.75, 3.05) is 25.1 Å². The van der Waals surface area contributed by atoms with E-state index in [1.54, 1.807) is 0 Å². The second-order valence-corrected chi connectivity index (χ2v) is 4.81. The van der Waals surface area contributed by atoms with Crippen LogP contribution in [-0.2, 0) is 4.79 Å². The van der Waals surface area contributed by atoms with Crippen LogP contribution in [0.1, 0.15) is 32.6 Å². The summed E-state index contributed by atoms with van der Waals surface area (Å²) in [6.45, 7) is 3.45. The summed E-state index contributed by atoms with van der Waals surface area (Å²) in [7, 11) is 0. The third-order valence-corrected chi connectivity index (χ3v) is 3.06. The van der Waals surface area contributed by atoms with Gasteiger partial charge >= 0.3 is 0 Å². The first-order valence-corrected chi connectivity index (χ1v) is 7.08. The summed E-state index contributed by atoms with van der Waals surface area (Å²) < 4.78 is 0. The number of carbonyl (C=O) groups excluding carboxylic acids is 1. The van der Waals surface area contributed by atoms with Gasteiger partial charge in [-0.1, -0.05) is 6.92 Å². The number of nitrogens with one attached hydrogen (secondary N) is 1. The predicted molar refractivity (Wildman–Crippen MR) is 68.1 cm³/mol. The number of amides is 1. The molecule has 15 heavy (non-hydrogen) atoms. The quantitative estimate of drug-likeness (QED) is 0.594. The van der Waals surface area contributed by atoms with Gasteiger partial charge in [-0.15, -0.1) is 0 Å². The van der Waals surface area contributed by atoms with Crippen molar-refractivity contribution in [3.05, 3.63) is 0 Å². The van der Waals surface area contributed by atoms with Gasteiger partial charge in [-0.2, -0.15) is 11.8 Å². The first-order chi connectivity index (χ1) is 7.22. The Bertz CT molecular complexity index is 165. The number of rotatable bonds is 9.